The second kappa shape index (κ2) is 7.66. The minimum atomic E-state index is -0.170. The summed E-state index contributed by atoms with van der Waals surface area (Å²) in [5, 5.41) is 9.87. The van der Waals surface area contributed by atoms with Crippen LogP contribution in [-0.2, 0) is 17.7 Å². The van der Waals surface area contributed by atoms with Gasteiger partial charge in [0.1, 0.15) is 5.82 Å². The molecule has 0 radical (unpaired) electrons. The van der Waals surface area contributed by atoms with Gasteiger partial charge in [-0.25, -0.2) is 4.98 Å². The highest BCUT2D eigenvalue weighted by atomic mass is 16.5. The first kappa shape index (κ1) is 17.9. The average molecular weight is 361 g/mol. The number of aromatic nitrogens is 2. The van der Waals surface area contributed by atoms with Crippen molar-refractivity contribution in [3.8, 4) is 0 Å². The lowest BCUT2D eigenvalue weighted by molar-refractivity contribution is 0.145. The van der Waals surface area contributed by atoms with Gasteiger partial charge in [-0.2, -0.15) is 4.98 Å². The van der Waals surface area contributed by atoms with E-state index in [4.69, 9.17) is 14.7 Å². The largest absolute Gasteiger partial charge is 0.393 e. The van der Waals surface area contributed by atoms with Crippen LogP contribution >= 0.6 is 0 Å². The summed E-state index contributed by atoms with van der Waals surface area (Å²) in [4.78, 5) is 16.6. The van der Waals surface area contributed by atoms with E-state index >= 15 is 0 Å². The molecule has 7 heteroatoms. The zero-order valence-corrected chi connectivity index (χ0v) is 16.0. The number of rotatable bonds is 4. The maximum absolute atomic E-state index is 9.87. The Hall–Kier alpha value is -1.44. The maximum atomic E-state index is 9.87. The van der Waals surface area contributed by atoms with Crippen molar-refractivity contribution in [2.75, 3.05) is 63.3 Å². The number of anilines is 2. The smallest absolute Gasteiger partial charge is 0.227 e. The van der Waals surface area contributed by atoms with Crippen LogP contribution in [0.3, 0.4) is 0 Å². The van der Waals surface area contributed by atoms with Crippen molar-refractivity contribution in [2.45, 2.75) is 38.3 Å². The number of hydrogen-bond donors (Lipinski definition) is 1. The quantitative estimate of drug-likeness (QED) is 0.855. The Labute approximate surface area is 156 Å². The monoisotopic (exact) mass is 361 g/mol. The Morgan fingerprint density at radius 2 is 1.96 bits per heavy atom. The number of aliphatic hydroxyl groups is 1. The first-order chi connectivity index (χ1) is 12.6. The maximum Gasteiger partial charge on any atom is 0.227 e. The van der Waals surface area contributed by atoms with Crippen molar-refractivity contribution >= 4 is 11.8 Å². The zero-order chi connectivity index (χ0) is 18.1. The number of aliphatic hydroxyl groups excluding tert-OH is 1. The number of ether oxygens (including phenoxy) is 1. The van der Waals surface area contributed by atoms with Gasteiger partial charge in [0.15, 0.2) is 0 Å². The molecule has 144 valence electrons. The van der Waals surface area contributed by atoms with Crippen LogP contribution < -0.4 is 9.80 Å². The van der Waals surface area contributed by atoms with Gasteiger partial charge in [0, 0.05) is 65.4 Å². The second-order valence-corrected chi connectivity index (χ2v) is 8.10. The third-order valence-electron chi connectivity index (χ3n) is 5.81. The molecule has 1 N–H and O–H groups in total. The lowest BCUT2D eigenvalue weighted by atomic mass is 10.0. The molecule has 1 aromatic rings. The van der Waals surface area contributed by atoms with Crippen LogP contribution in [0, 0.1) is 5.92 Å². The molecule has 4 rings (SSSR count). The molecule has 26 heavy (non-hydrogen) atoms. The summed E-state index contributed by atoms with van der Waals surface area (Å²) in [5.41, 5.74) is 2.49. The Bertz CT molecular complexity index is 625. The Balaban J connectivity index is 1.58. The third kappa shape index (κ3) is 3.80. The number of nitrogens with zero attached hydrogens (tertiary/aromatic N) is 5. The fourth-order valence-corrected chi connectivity index (χ4v) is 4.23. The van der Waals surface area contributed by atoms with Gasteiger partial charge in [0.2, 0.25) is 5.95 Å². The topological polar surface area (TPSA) is 65.0 Å². The SMILES string of the molecule is CN(C)c1nc2c(c(N3CCC(O)CC3)n1)CN(C[C@@H]1CCOC1)CC2. The van der Waals surface area contributed by atoms with Gasteiger partial charge in [-0.3, -0.25) is 4.90 Å². The van der Waals surface area contributed by atoms with Crippen molar-refractivity contribution in [2.24, 2.45) is 5.92 Å². The highest BCUT2D eigenvalue weighted by molar-refractivity contribution is 5.54. The fourth-order valence-electron chi connectivity index (χ4n) is 4.23. The highest BCUT2D eigenvalue weighted by Crippen LogP contribution is 2.31. The lowest BCUT2D eigenvalue weighted by Gasteiger charge is -2.36. The summed E-state index contributed by atoms with van der Waals surface area (Å²) in [5.74, 6) is 2.53. The van der Waals surface area contributed by atoms with Gasteiger partial charge in [0.05, 0.1) is 18.4 Å². The molecule has 0 aromatic carbocycles. The van der Waals surface area contributed by atoms with Crippen LogP contribution in [0.4, 0.5) is 11.8 Å². The number of fused-ring (bicyclic) bond motifs is 1. The van der Waals surface area contributed by atoms with E-state index in [2.05, 4.69) is 9.80 Å². The van der Waals surface area contributed by atoms with Crippen LogP contribution in [0.15, 0.2) is 0 Å². The minimum absolute atomic E-state index is 0.170. The van der Waals surface area contributed by atoms with E-state index in [1.807, 2.05) is 19.0 Å². The van der Waals surface area contributed by atoms with Crippen molar-refractivity contribution in [1.82, 2.24) is 14.9 Å². The van der Waals surface area contributed by atoms with Gasteiger partial charge in [-0.15, -0.1) is 0 Å². The number of hydrogen-bond acceptors (Lipinski definition) is 7. The minimum Gasteiger partial charge on any atom is -0.393 e. The summed E-state index contributed by atoms with van der Waals surface area (Å²) in [6.45, 7) is 6.64. The van der Waals surface area contributed by atoms with Gasteiger partial charge >= 0.3 is 0 Å². The van der Waals surface area contributed by atoms with Crippen LogP contribution in [0.1, 0.15) is 30.5 Å². The van der Waals surface area contributed by atoms with E-state index in [0.717, 1.165) is 77.0 Å². The van der Waals surface area contributed by atoms with Crippen LogP contribution in [-0.4, -0.2) is 79.6 Å². The van der Waals surface area contributed by atoms with E-state index in [-0.39, 0.29) is 6.10 Å². The van der Waals surface area contributed by atoms with Gasteiger partial charge in [-0.1, -0.05) is 0 Å². The molecule has 0 bridgehead atoms. The summed E-state index contributed by atoms with van der Waals surface area (Å²) in [6.07, 6.45) is 3.63. The summed E-state index contributed by atoms with van der Waals surface area (Å²) in [7, 11) is 4.00. The molecule has 0 amide bonds. The average Bonchev–Trinajstić information content (AvgIpc) is 3.14. The molecule has 2 fully saturated rings. The predicted molar refractivity (Wildman–Crippen MR) is 102 cm³/mol. The van der Waals surface area contributed by atoms with Gasteiger partial charge < -0.3 is 19.6 Å². The second-order valence-electron chi connectivity index (χ2n) is 8.10. The van der Waals surface area contributed by atoms with E-state index in [9.17, 15) is 5.11 Å². The first-order valence-electron chi connectivity index (χ1n) is 9.90. The first-order valence-corrected chi connectivity index (χ1v) is 9.90. The van der Waals surface area contributed by atoms with E-state index in [1.54, 1.807) is 0 Å². The lowest BCUT2D eigenvalue weighted by Crippen LogP contribution is -2.40. The molecule has 1 atom stereocenters. The zero-order valence-electron chi connectivity index (χ0n) is 16.0. The molecule has 0 unspecified atom stereocenters. The predicted octanol–water partition coefficient (Wildman–Crippen LogP) is 0.898. The van der Waals surface area contributed by atoms with Crippen molar-refractivity contribution < 1.29 is 9.84 Å². The molecule has 3 aliphatic heterocycles. The van der Waals surface area contributed by atoms with Crippen molar-refractivity contribution in [3.05, 3.63) is 11.3 Å². The Morgan fingerprint density at radius 1 is 1.15 bits per heavy atom. The van der Waals surface area contributed by atoms with Gasteiger partial charge in [0.25, 0.3) is 0 Å². The molecule has 1 aromatic heterocycles. The van der Waals surface area contributed by atoms with E-state index in [1.165, 1.54) is 17.7 Å². The summed E-state index contributed by atoms with van der Waals surface area (Å²) < 4.78 is 5.55. The van der Waals surface area contributed by atoms with Crippen molar-refractivity contribution in [3.63, 3.8) is 0 Å². The molecule has 0 aliphatic carbocycles. The Morgan fingerprint density at radius 3 is 2.65 bits per heavy atom. The van der Waals surface area contributed by atoms with Crippen LogP contribution in [0.5, 0.6) is 0 Å². The van der Waals surface area contributed by atoms with Crippen LogP contribution in [0.2, 0.25) is 0 Å². The number of piperidine rings is 1. The van der Waals surface area contributed by atoms with Crippen molar-refractivity contribution in [1.29, 1.82) is 0 Å². The molecular formula is C19H31N5O2. The Kier molecular flexibility index (Phi) is 5.29. The summed E-state index contributed by atoms with van der Waals surface area (Å²) in [6, 6.07) is 0. The van der Waals surface area contributed by atoms with E-state index in [0.29, 0.717) is 5.92 Å². The molecule has 7 nitrogen and oxygen atoms in total. The molecular weight excluding hydrogens is 330 g/mol. The molecule has 0 spiro atoms. The standard InChI is InChI=1S/C19H31N5O2/c1-22(2)19-20-17-5-7-23(11-14-6-10-26-13-14)12-16(17)18(21-19)24-8-3-15(25)4-9-24/h14-15,25H,3-13H2,1-2H3/t14-/m0/s1. The summed E-state index contributed by atoms with van der Waals surface area (Å²) >= 11 is 0. The third-order valence-corrected chi connectivity index (χ3v) is 5.81. The fraction of sp³-hybridized carbons (Fsp3) is 0.789. The van der Waals surface area contributed by atoms with Gasteiger partial charge in [-0.05, 0) is 25.2 Å². The normalized spacial score (nSPS) is 24.7. The highest BCUT2D eigenvalue weighted by Gasteiger charge is 2.29. The molecule has 4 heterocycles. The van der Waals surface area contributed by atoms with E-state index < -0.39 is 0 Å². The molecule has 0 saturated carbocycles. The molecule has 3 aliphatic rings. The molecule has 2 saturated heterocycles. The van der Waals surface area contributed by atoms with Crippen LogP contribution in [0.25, 0.3) is 0 Å².